The van der Waals surface area contributed by atoms with Crippen molar-refractivity contribution in [2.24, 2.45) is 0 Å². The van der Waals surface area contributed by atoms with E-state index in [1.165, 1.54) is 0 Å². The van der Waals surface area contributed by atoms with Gasteiger partial charge in [-0.2, -0.15) is 0 Å². The minimum Gasteiger partial charge on any atom is -0.395 e. The van der Waals surface area contributed by atoms with E-state index in [0.717, 1.165) is 35.5 Å². The van der Waals surface area contributed by atoms with E-state index in [4.69, 9.17) is 10.5 Å². The van der Waals surface area contributed by atoms with Gasteiger partial charge in [-0.15, -0.1) is 0 Å². The summed E-state index contributed by atoms with van der Waals surface area (Å²) in [5.41, 5.74) is 10.5. The van der Waals surface area contributed by atoms with Crippen LogP contribution in [0.4, 0.5) is 11.5 Å². The number of rotatable bonds is 9. The monoisotopic (exact) mass is 462 g/mol. The van der Waals surface area contributed by atoms with Gasteiger partial charge in [0.25, 0.3) is 0 Å². The first-order valence-corrected chi connectivity index (χ1v) is 11.4. The van der Waals surface area contributed by atoms with Crippen LogP contribution < -0.4 is 16.0 Å². The number of carbonyl (C=O) groups is 1. The molecule has 1 aliphatic heterocycles. The van der Waals surface area contributed by atoms with E-state index >= 15 is 0 Å². The number of nitrogens with zero attached hydrogens (tertiary/aromatic N) is 4. The molecule has 2 aromatic heterocycles. The summed E-state index contributed by atoms with van der Waals surface area (Å²) in [6.45, 7) is 2.92. The number of morpholine rings is 1. The van der Waals surface area contributed by atoms with Gasteiger partial charge in [-0.3, -0.25) is 9.78 Å². The Morgan fingerprint density at radius 2 is 1.97 bits per heavy atom. The van der Waals surface area contributed by atoms with E-state index in [2.05, 4.69) is 25.2 Å². The highest BCUT2D eigenvalue weighted by atomic mass is 16.5. The second-order valence-electron chi connectivity index (χ2n) is 8.26. The van der Waals surface area contributed by atoms with Crippen molar-refractivity contribution in [2.75, 3.05) is 50.6 Å². The molecule has 1 aromatic carbocycles. The van der Waals surface area contributed by atoms with Gasteiger partial charge in [0.05, 0.1) is 31.7 Å². The fraction of sp³-hybridized carbons (Fsp3) is 0.360. The Kier molecular flexibility index (Phi) is 7.79. The van der Waals surface area contributed by atoms with Crippen molar-refractivity contribution in [2.45, 2.75) is 18.9 Å². The van der Waals surface area contributed by atoms with Crippen LogP contribution in [0.5, 0.6) is 0 Å². The lowest BCUT2D eigenvalue weighted by Crippen LogP contribution is -2.37. The lowest BCUT2D eigenvalue weighted by Gasteiger charge is -2.30. The Balaban J connectivity index is 1.53. The number of nitrogen functional groups attached to an aromatic ring is 1. The SMILES string of the molecule is CN[C@H](CO)Cc1ccc(-c2cnc(N)c(C(=O)Cc3cnccc3N3CCOCC3)n2)cc1. The van der Waals surface area contributed by atoms with Crippen LogP contribution in [0, 0.1) is 0 Å². The van der Waals surface area contributed by atoms with Crippen molar-refractivity contribution in [1.82, 2.24) is 20.3 Å². The number of aliphatic hydroxyl groups excluding tert-OH is 1. The van der Waals surface area contributed by atoms with Gasteiger partial charge in [0, 0.05) is 54.8 Å². The summed E-state index contributed by atoms with van der Waals surface area (Å²) in [5, 5.41) is 12.5. The molecule has 1 aliphatic rings. The van der Waals surface area contributed by atoms with E-state index in [-0.39, 0.29) is 36.4 Å². The number of aromatic nitrogens is 3. The number of aliphatic hydroxyl groups is 1. The molecule has 0 spiro atoms. The number of likely N-dealkylation sites (N-methyl/N-ethyl adjacent to an activating group) is 1. The van der Waals surface area contributed by atoms with Crippen LogP contribution in [0.15, 0.2) is 48.9 Å². The molecule has 1 fully saturated rings. The predicted molar refractivity (Wildman–Crippen MR) is 131 cm³/mol. The fourth-order valence-corrected chi connectivity index (χ4v) is 4.02. The van der Waals surface area contributed by atoms with Gasteiger partial charge in [0.2, 0.25) is 0 Å². The highest BCUT2D eigenvalue weighted by molar-refractivity contribution is 6.00. The molecule has 0 radical (unpaired) electrons. The molecule has 3 heterocycles. The van der Waals surface area contributed by atoms with Gasteiger partial charge in [-0.25, -0.2) is 9.97 Å². The Bertz CT molecular complexity index is 1110. The molecular formula is C25H30N6O3. The third-order valence-electron chi connectivity index (χ3n) is 6.01. The van der Waals surface area contributed by atoms with E-state index in [1.807, 2.05) is 37.4 Å². The second kappa shape index (κ2) is 11.1. The van der Waals surface area contributed by atoms with Crippen LogP contribution in [0.25, 0.3) is 11.3 Å². The van der Waals surface area contributed by atoms with Crippen molar-refractivity contribution < 1.29 is 14.6 Å². The lowest BCUT2D eigenvalue weighted by molar-refractivity contribution is 0.0988. The molecule has 1 atom stereocenters. The molecule has 4 N–H and O–H groups in total. The normalized spacial score (nSPS) is 14.7. The first kappa shape index (κ1) is 23.7. The second-order valence-corrected chi connectivity index (χ2v) is 8.26. The van der Waals surface area contributed by atoms with Crippen LogP contribution in [-0.2, 0) is 17.6 Å². The summed E-state index contributed by atoms with van der Waals surface area (Å²) in [5.74, 6) is -0.0900. The van der Waals surface area contributed by atoms with Crippen LogP contribution in [0.1, 0.15) is 21.6 Å². The van der Waals surface area contributed by atoms with Gasteiger partial charge >= 0.3 is 0 Å². The van der Waals surface area contributed by atoms with Crippen LogP contribution in [0.2, 0.25) is 0 Å². The molecule has 0 bridgehead atoms. The van der Waals surface area contributed by atoms with E-state index in [0.29, 0.717) is 25.3 Å². The van der Waals surface area contributed by atoms with Crippen LogP contribution in [-0.4, -0.2) is 71.8 Å². The van der Waals surface area contributed by atoms with E-state index in [1.54, 1.807) is 18.6 Å². The molecule has 0 saturated carbocycles. The summed E-state index contributed by atoms with van der Waals surface area (Å²) < 4.78 is 5.45. The fourth-order valence-electron chi connectivity index (χ4n) is 4.02. The van der Waals surface area contributed by atoms with Gasteiger partial charge < -0.3 is 25.8 Å². The molecule has 3 aromatic rings. The predicted octanol–water partition coefficient (Wildman–Crippen LogP) is 1.51. The zero-order chi connectivity index (χ0) is 23.9. The van der Waals surface area contributed by atoms with Crippen molar-refractivity contribution in [3.05, 3.63) is 65.7 Å². The zero-order valence-corrected chi connectivity index (χ0v) is 19.3. The summed E-state index contributed by atoms with van der Waals surface area (Å²) >= 11 is 0. The Morgan fingerprint density at radius 3 is 2.68 bits per heavy atom. The maximum atomic E-state index is 13.2. The molecule has 0 amide bonds. The first-order valence-electron chi connectivity index (χ1n) is 11.4. The minimum atomic E-state index is -0.203. The molecule has 9 nitrogen and oxygen atoms in total. The molecule has 4 rings (SSSR count). The Labute approximate surface area is 199 Å². The number of carbonyl (C=O) groups excluding carboxylic acids is 1. The maximum absolute atomic E-state index is 13.2. The number of pyridine rings is 1. The number of ether oxygens (including phenoxy) is 1. The zero-order valence-electron chi connectivity index (χ0n) is 19.3. The number of benzene rings is 1. The standard InChI is InChI=1S/C25H30N6O3/c1-27-20(16-32)12-17-2-4-18(5-3-17)21-15-29-25(26)24(30-21)23(33)13-19-14-28-7-6-22(19)31-8-10-34-11-9-31/h2-7,14-15,20,27,32H,8-13,16H2,1H3,(H2,26,29)/t20-/m0/s1. The number of ketones is 1. The van der Waals surface area contributed by atoms with Gasteiger partial charge in [-0.05, 0) is 25.1 Å². The van der Waals surface area contributed by atoms with Crippen molar-refractivity contribution >= 4 is 17.3 Å². The van der Waals surface area contributed by atoms with Crippen molar-refractivity contribution in [3.8, 4) is 11.3 Å². The molecule has 9 heteroatoms. The number of hydrogen-bond acceptors (Lipinski definition) is 9. The quantitative estimate of drug-likeness (QED) is 0.406. The Morgan fingerprint density at radius 1 is 1.21 bits per heavy atom. The van der Waals surface area contributed by atoms with Gasteiger partial charge in [-0.1, -0.05) is 24.3 Å². The number of nitrogens with one attached hydrogen (secondary N) is 1. The Hall–Kier alpha value is -3.40. The largest absolute Gasteiger partial charge is 0.395 e. The average molecular weight is 463 g/mol. The number of hydrogen-bond donors (Lipinski definition) is 3. The third-order valence-corrected chi connectivity index (χ3v) is 6.01. The third kappa shape index (κ3) is 5.56. The molecular weight excluding hydrogens is 432 g/mol. The highest BCUT2D eigenvalue weighted by Gasteiger charge is 2.20. The van der Waals surface area contributed by atoms with E-state index < -0.39 is 0 Å². The topological polar surface area (TPSA) is 126 Å². The van der Waals surface area contributed by atoms with Crippen LogP contribution >= 0.6 is 0 Å². The average Bonchev–Trinajstić information content (AvgIpc) is 2.89. The van der Waals surface area contributed by atoms with Crippen molar-refractivity contribution in [3.63, 3.8) is 0 Å². The summed E-state index contributed by atoms with van der Waals surface area (Å²) in [7, 11) is 1.83. The van der Waals surface area contributed by atoms with E-state index in [9.17, 15) is 9.90 Å². The minimum absolute atomic E-state index is 0.00113. The number of anilines is 2. The van der Waals surface area contributed by atoms with Crippen LogP contribution in [0.3, 0.4) is 0 Å². The molecule has 0 unspecified atom stereocenters. The lowest BCUT2D eigenvalue weighted by atomic mass is 10.0. The van der Waals surface area contributed by atoms with Crippen molar-refractivity contribution in [1.29, 1.82) is 0 Å². The molecule has 0 aliphatic carbocycles. The summed E-state index contributed by atoms with van der Waals surface area (Å²) in [6, 6.07) is 9.77. The van der Waals surface area contributed by atoms with Gasteiger partial charge in [0.1, 0.15) is 5.69 Å². The maximum Gasteiger partial charge on any atom is 0.189 e. The molecule has 178 valence electrons. The number of Topliss-reactive ketones (excluding diaryl/α,β-unsaturated/α-hetero) is 1. The summed E-state index contributed by atoms with van der Waals surface area (Å²) in [4.78, 5) is 28.4. The molecule has 34 heavy (non-hydrogen) atoms. The summed E-state index contributed by atoms with van der Waals surface area (Å²) in [6.07, 6.45) is 5.88. The number of nitrogens with two attached hydrogens (primary N) is 1. The highest BCUT2D eigenvalue weighted by Crippen LogP contribution is 2.24. The smallest absolute Gasteiger partial charge is 0.189 e. The molecule has 1 saturated heterocycles. The van der Waals surface area contributed by atoms with Gasteiger partial charge in [0.15, 0.2) is 11.6 Å². The first-order chi connectivity index (χ1) is 16.6.